The fraction of sp³-hybridized carbons (Fsp3) is 0.562. The van der Waals surface area contributed by atoms with E-state index in [1.807, 2.05) is 0 Å². The van der Waals surface area contributed by atoms with Gasteiger partial charge in [0.25, 0.3) is 0 Å². The molecule has 20 heavy (non-hydrogen) atoms. The number of benzene rings is 1. The summed E-state index contributed by atoms with van der Waals surface area (Å²) in [5.41, 5.74) is 13.2. The fourth-order valence-electron chi connectivity index (χ4n) is 3.11. The van der Waals surface area contributed by atoms with Gasteiger partial charge in [-0.1, -0.05) is 38.1 Å². The molecule has 2 rings (SSSR count). The summed E-state index contributed by atoms with van der Waals surface area (Å²) in [7, 11) is 0. The van der Waals surface area contributed by atoms with E-state index in [9.17, 15) is 0 Å². The average Bonchev–Trinajstić information content (AvgIpc) is 2.36. The lowest BCUT2D eigenvalue weighted by atomic mass is 9.91. The van der Waals surface area contributed by atoms with Crippen LogP contribution in [0, 0.1) is 11.8 Å². The molecule has 1 aromatic rings. The molecular formula is C16H26N4. The van der Waals surface area contributed by atoms with Crippen LogP contribution in [-0.2, 0) is 13.1 Å². The quantitative estimate of drug-likeness (QED) is 0.651. The molecule has 1 heterocycles. The number of rotatable bonds is 4. The summed E-state index contributed by atoms with van der Waals surface area (Å²) >= 11 is 0. The summed E-state index contributed by atoms with van der Waals surface area (Å²) in [5.74, 6) is 1.75. The van der Waals surface area contributed by atoms with Gasteiger partial charge >= 0.3 is 0 Å². The molecule has 0 spiro atoms. The molecule has 0 radical (unpaired) electrons. The molecule has 4 N–H and O–H groups in total. The molecule has 1 saturated heterocycles. The first kappa shape index (κ1) is 14.9. The SMILES string of the molecule is CC1CC(C)CN(Cc2ccc(CN=C(N)N)cc2)C1. The number of guanidine groups is 1. The topological polar surface area (TPSA) is 67.6 Å². The summed E-state index contributed by atoms with van der Waals surface area (Å²) in [6.45, 7) is 8.71. The van der Waals surface area contributed by atoms with Crippen molar-refractivity contribution >= 4 is 5.96 Å². The maximum Gasteiger partial charge on any atom is 0.186 e. The highest BCUT2D eigenvalue weighted by Crippen LogP contribution is 2.22. The fourth-order valence-corrected chi connectivity index (χ4v) is 3.11. The molecule has 4 heteroatoms. The average molecular weight is 274 g/mol. The predicted molar refractivity (Wildman–Crippen MR) is 84.2 cm³/mol. The predicted octanol–water partition coefficient (Wildman–Crippen LogP) is 1.94. The van der Waals surface area contributed by atoms with Gasteiger partial charge in [0.05, 0.1) is 6.54 Å². The Balaban J connectivity index is 1.91. The van der Waals surface area contributed by atoms with Crippen molar-refractivity contribution in [2.24, 2.45) is 28.3 Å². The highest BCUT2D eigenvalue weighted by atomic mass is 15.1. The summed E-state index contributed by atoms with van der Waals surface area (Å²) in [5, 5.41) is 0. The van der Waals surface area contributed by atoms with Crippen molar-refractivity contribution in [2.45, 2.75) is 33.4 Å². The van der Waals surface area contributed by atoms with E-state index >= 15 is 0 Å². The Bertz CT molecular complexity index is 438. The van der Waals surface area contributed by atoms with Crippen LogP contribution < -0.4 is 11.5 Å². The normalized spacial score (nSPS) is 23.5. The van der Waals surface area contributed by atoms with Crippen LogP contribution in [0.2, 0.25) is 0 Å². The van der Waals surface area contributed by atoms with Crippen LogP contribution >= 0.6 is 0 Å². The zero-order chi connectivity index (χ0) is 14.5. The monoisotopic (exact) mass is 274 g/mol. The van der Waals surface area contributed by atoms with E-state index in [1.165, 1.54) is 25.1 Å². The second-order valence-electron chi connectivity index (χ2n) is 6.20. The number of hydrogen-bond donors (Lipinski definition) is 2. The molecule has 0 amide bonds. The Labute approximate surface area is 121 Å². The van der Waals surface area contributed by atoms with Gasteiger partial charge in [0.15, 0.2) is 5.96 Å². The highest BCUT2D eigenvalue weighted by Gasteiger charge is 2.21. The van der Waals surface area contributed by atoms with Gasteiger partial charge in [0, 0.05) is 19.6 Å². The first-order valence-corrected chi connectivity index (χ1v) is 7.38. The van der Waals surface area contributed by atoms with E-state index in [2.05, 4.69) is 48.0 Å². The Morgan fingerprint density at radius 2 is 1.65 bits per heavy atom. The van der Waals surface area contributed by atoms with Crippen molar-refractivity contribution in [1.82, 2.24) is 4.90 Å². The van der Waals surface area contributed by atoms with Gasteiger partial charge in [-0.15, -0.1) is 0 Å². The number of aliphatic imine (C=N–C) groups is 1. The minimum absolute atomic E-state index is 0.144. The molecule has 0 aromatic heterocycles. The van der Waals surface area contributed by atoms with E-state index in [-0.39, 0.29) is 5.96 Å². The van der Waals surface area contributed by atoms with Gasteiger partial charge in [-0.05, 0) is 29.4 Å². The third-order valence-corrected chi connectivity index (χ3v) is 3.82. The van der Waals surface area contributed by atoms with Crippen LogP contribution in [0.3, 0.4) is 0 Å². The molecule has 2 atom stereocenters. The van der Waals surface area contributed by atoms with Crippen molar-refractivity contribution < 1.29 is 0 Å². The molecule has 110 valence electrons. The van der Waals surface area contributed by atoms with Gasteiger partial charge in [-0.3, -0.25) is 4.90 Å². The van der Waals surface area contributed by atoms with Crippen LogP contribution in [0.25, 0.3) is 0 Å². The molecule has 1 fully saturated rings. The van der Waals surface area contributed by atoms with Gasteiger partial charge in [0.1, 0.15) is 0 Å². The first-order valence-electron chi connectivity index (χ1n) is 7.38. The molecular weight excluding hydrogens is 248 g/mol. The van der Waals surface area contributed by atoms with Crippen molar-refractivity contribution in [1.29, 1.82) is 0 Å². The maximum absolute atomic E-state index is 5.34. The van der Waals surface area contributed by atoms with E-state index in [4.69, 9.17) is 11.5 Å². The van der Waals surface area contributed by atoms with Crippen LogP contribution in [0.15, 0.2) is 29.3 Å². The second kappa shape index (κ2) is 6.75. The van der Waals surface area contributed by atoms with Crippen molar-refractivity contribution in [3.63, 3.8) is 0 Å². The third kappa shape index (κ3) is 4.53. The zero-order valence-electron chi connectivity index (χ0n) is 12.5. The second-order valence-corrected chi connectivity index (χ2v) is 6.20. The number of nitrogens with zero attached hydrogens (tertiary/aromatic N) is 2. The van der Waals surface area contributed by atoms with E-state index < -0.39 is 0 Å². The lowest BCUT2D eigenvalue weighted by molar-refractivity contribution is 0.134. The van der Waals surface area contributed by atoms with Crippen molar-refractivity contribution in [3.05, 3.63) is 35.4 Å². The Morgan fingerprint density at radius 1 is 1.10 bits per heavy atom. The molecule has 0 bridgehead atoms. The summed E-state index contributed by atoms with van der Waals surface area (Å²) in [6.07, 6.45) is 1.36. The number of nitrogens with two attached hydrogens (primary N) is 2. The number of hydrogen-bond acceptors (Lipinski definition) is 2. The smallest absolute Gasteiger partial charge is 0.186 e. The minimum Gasteiger partial charge on any atom is -0.370 e. The summed E-state index contributed by atoms with van der Waals surface area (Å²) in [6, 6.07) is 8.58. The third-order valence-electron chi connectivity index (χ3n) is 3.82. The lowest BCUT2D eigenvalue weighted by Gasteiger charge is -2.35. The van der Waals surface area contributed by atoms with Crippen LogP contribution in [0.4, 0.5) is 0 Å². The molecule has 1 aliphatic heterocycles. The maximum atomic E-state index is 5.34. The van der Waals surface area contributed by atoms with Crippen molar-refractivity contribution in [3.8, 4) is 0 Å². The van der Waals surface area contributed by atoms with Gasteiger partial charge in [-0.25, -0.2) is 4.99 Å². The molecule has 4 nitrogen and oxygen atoms in total. The Kier molecular flexibility index (Phi) is 5.01. The molecule has 1 aliphatic rings. The van der Waals surface area contributed by atoms with E-state index in [0.717, 1.165) is 23.9 Å². The van der Waals surface area contributed by atoms with Crippen LogP contribution in [0.1, 0.15) is 31.4 Å². The molecule has 0 aliphatic carbocycles. The first-order chi connectivity index (χ1) is 9.52. The van der Waals surface area contributed by atoms with Crippen LogP contribution in [-0.4, -0.2) is 23.9 Å². The minimum atomic E-state index is 0.144. The summed E-state index contributed by atoms with van der Waals surface area (Å²) in [4.78, 5) is 6.58. The van der Waals surface area contributed by atoms with E-state index in [0.29, 0.717) is 6.54 Å². The highest BCUT2D eigenvalue weighted by molar-refractivity contribution is 5.75. The molecule has 2 unspecified atom stereocenters. The molecule has 0 saturated carbocycles. The lowest BCUT2D eigenvalue weighted by Crippen LogP contribution is -2.38. The number of likely N-dealkylation sites (tertiary alicyclic amines) is 1. The van der Waals surface area contributed by atoms with Gasteiger partial charge < -0.3 is 11.5 Å². The van der Waals surface area contributed by atoms with Gasteiger partial charge in [-0.2, -0.15) is 0 Å². The van der Waals surface area contributed by atoms with Crippen LogP contribution in [0.5, 0.6) is 0 Å². The largest absolute Gasteiger partial charge is 0.370 e. The zero-order valence-corrected chi connectivity index (χ0v) is 12.5. The molecule has 1 aromatic carbocycles. The Morgan fingerprint density at radius 3 is 2.20 bits per heavy atom. The van der Waals surface area contributed by atoms with E-state index in [1.54, 1.807) is 0 Å². The number of piperidine rings is 1. The van der Waals surface area contributed by atoms with Crippen molar-refractivity contribution in [2.75, 3.05) is 13.1 Å². The Hall–Kier alpha value is -1.55. The van der Waals surface area contributed by atoms with Gasteiger partial charge in [0.2, 0.25) is 0 Å². The summed E-state index contributed by atoms with van der Waals surface area (Å²) < 4.78 is 0. The standard InChI is InChI=1S/C16H26N4/c1-12-7-13(2)10-20(9-12)11-15-5-3-14(4-6-15)8-19-16(17)18/h3-6,12-13H,7-11H2,1-2H3,(H4,17,18,19).